The molecule has 1 aromatic heterocycles. The molecule has 0 saturated heterocycles. The summed E-state index contributed by atoms with van der Waals surface area (Å²) in [6, 6.07) is 7.03. The van der Waals surface area contributed by atoms with E-state index in [1.807, 2.05) is 30.5 Å². The van der Waals surface area contributed by atoms with Gasteiger partial charge in [0.2, 0.25) is 5.91 Å². The van der Waals surface area contributed by atoms with Crippen LogP contribution < -0.4 is 10.6 Å². The molecule has 7 heteroatoms. The number of carbonyl (C=O) groups is 3. The van der Waals surface area contributed by atoms with Crippen molar-refractivity contribution < 1.29 is 19.1 Å². The van der Waals surface area contributed by atoms with Crippen LogP contribution in [0.4, 0.5) is 0 Å². The molecule has 0 radical (unpaired) electrons. The number of benzene rings is 1. The second kappa shape index (κ2) is 10.3. The zero-order chi connectivity index (χ0) is 21.5. The van der Waals surface area contributed by atoms with Crippen molar-refractivity contribution >= 4 is 28.7 Å². The molecule has 0 unspecified atom stereocenters. The van der Waals surface area contributed by atoms with E-state index in [-0.39, 0.29) is 24.3 Å². The van der Waals surface area contributed by atoms with Crippen LogP contribution in [0.25, 0.3) is 10.9 Å². The molecule has 0 bridgehead atoms. The van der Waals surface area contributed by atoms with Crippen LogP contribution >= 0.6 is 0 Å². The maximum Gasteiger partial charge on any atom is 0.329 e. The third kappa shape index (κ3) is 5.84. The quantitative estimate of drug-likeness (QED) is 0.480. The summed E-state index contributed by atoms with van der Waals surface area (Å²) in [5.41, 5.74) is 1.86. The van der Waals surface area contributed by atoms with Crippen LogP contribution in [0.15, 0.2) is 30.5 Å². The Balaban J connectivity index is 1.62. The van der Waals surface area contributed by atoms with Crippen LogP contribution in [0.1, 0.15) is 57.9 Å². The number of carbonyl (C=O) groups excluding carboxylic acids is 3. The van der Waals surface area contributed by atoms with Gasteiger partial charge in [-0.1, -0.05) is 43.9 Å². The maximum atomic E-state index is 12.8. The molecule has 0 aliphatic heterocycles. The van der Waals surface area contributed by atoms with E-state index in [1.54, 1.807) is 6.92 Å². The van der Waals surface area contributed by atoms with Crippen molar-refractivity contribution in [2.45, 2.75) is 77.0 Å². The summed E-state index contributed by atoms with van der Waals surface area (Å²) >= 11 is 0. The third-order valence-corrected chi connectivity index (χ3v) is 5.62. The first-order valence-electron chi connectivity index (χ1n) is 10.8. The summed E-state index contributed by atoms with van der Waals surface area (Å²) in [5.74, 6) is -1.23. The maximum absolute atomic E-state index is 12.8. The summed E-state index contributed by atoms with van der Waals surface area (Å²) in [5, 5.41) is 6.65. The van der Waals surface area contributed by atoms with Gasteiger partial charge in [0, 0.05) is 36.5 Å². The van der Waals surface area contributed by atoms with Crippen LogP contribution in [0, 0.1) is 0 Å². The van der Waals surface area contributed by atoms with Gasteiger partial charge in [0.25, 0.3) is 5.91 Å². The normalized spacial score (nSPS) is 17.0. The van der Waals surface area contributed by atoms with Crippen molar-refractivity contribution in [2.75, 3.05) is 0 Å². The first-order valence-corrected chi connectivity index (χ1v) is 10.8. The highest BCUT2D eigenvalue weighted by Crippen LogP contribution is 2.20. The fourth-order valence-corrected chi connectivity index (χ4v) is 4.01. The lowest BCUT2D eigenvalue weighted by Crippen LogP contribution is -2.47. The number of hydrogen-bond donors (Lipinski definition) is 3. The lowest BCUT2D eigenvalue weighted by Gasteiger charge is -2.22. The first kappa shape index (κ1) is 21.9. The number of esters is 1. The molecule has 1 heterocycles. The number of ether oxygens (including phenoxy) is 1. The van der Waals surface area contributed by atoms with Gasteiger partial charge in [-0.3, -0.25) is 9.59 Å². The Morgan fingerprint density at radius 3 is 2.53 bits per heavy atom. The average molecular weight is 414 g/mol. The van der Waals surface area contributed by atoms with Crippen molar-refractivity contribution in [1.82, 2.24) is 15.6 Å². The Labute approximate surface area is 176 Å². The zero-order valence-electron chi connectivity index (χ0n) is 17.7. The second-order valence-electron chi connectivity index (χ2n) is 8.09. The zero-order valence-corrected chi connectivity index (χ0v) is 17.7. The molecule has 2 atom stereocenters. The highest BCUT2D eigenvalue weighted by Gasteiger charge is 2.28. The van der Waals surface area contributed by atoms with Gasteiger partial charge in [0.05, 0.1) is 0 Å². The van der Waals surface area contributed by atoms with Gasteiger partial charge >= 0.3 is 5.97 Å². The molecule has 30 heavy (non-hydrogen) atoms. The summed E-state index contributed by atoms with van der Waals surface area (Å²) in [4.78, 5) is 40.1. The fraction of sp³-hybridized carbons (Fsp3) is 0.522. The minimum atomic E-state index is -0.917. The van der Waals surface area contributed by atoms with Gasteiger partial charge in [-0.15, -0.1) is 0 Å². The van der Waals surface area contributed by atoms with Crippen LogP contribution in [0.2, 0.25) is 0 Å². The predicted molar refractivity (Wildman–Crippen MR) is 115 cm³/mol. The molecule has 162 valence electrons. The van der Waals surface area contributed by atoms with E-state index in [0.717, 1.165) is 42.1 Å². The van der Waals surface area contributed by atoms with E-state index in [0.29, 0.717) is 0 Å². The molecule has 7 nitrogen and oxygen atoms in total. The SMILES string of the molecule is CC(=O)N[C@@H](Cc1c[nH]c2ccccc12)C(=O)O[C@@H](C)C(=O)NC1CCCCCC1. The molecule has 1 aliphatic rings. The molecular weight excluding hydrogens is 382 g/mol. The van der Waals surface area contributed by atoms with Gasteiger partial charge in [-0.2, -0.15) is 0 Å². The Morgan fingerprint density at radius 1 is 1.13 bits per heavy atom. The molecule has 3 rings (SSSR count). The largest absolute Gasteiger partial charge is 0.451 e. The Bertz CT molecular complexity index is 883. The monoisotopic (exact) mass is 413 g/mol. The molecule has 2 aromatic rings. The second-order valence-corrected chi connectivity index (χ2v) is 8.09. The molecule has 1 saturated carbocycles. The van der Waals surface area contributed by atoms with Crippen molar-refractivity contribution in [3.05, 3.63) is 36.0 Å². The van der Waals surface area contributed by atoms with Crippen LogP contribution in [0.3, 0.4) is 0 Å². The Hall–Kier alpha value is -2.83. The van der Waals surface area contributed by atoms with E-state index in [4.69, 9.17) is 4.74 Å². The summed E-state index contributed by atoms with van der Waals surface area (Å²) in [6.45, 7) is 2.93. The number of nitrogens with one attached hydrogen (secondary N) is 3. The number of hydrogen-bond acceptors (Lipinski definition) is 4. The Kier molecular flexibility index (Phi) is 7.49. The molecule has 1 aromatic carbocycles. The topological polar surface area (TPSA) is 100 Å². The minimum absolute atomic E-state index is 0.138. The number of fused-ring (bicyclic) bond motifs is 1. The van der Waals surface area contributed by atoms with Gasteiger partial charge in [-0.25, -0.2) is 4.79 Å². The highest BCUT2D eigenvalue weighted by molar-refractivity contribution is 5.89. The van der Waals surface area contributed by atoms with Crippen molar-refractivity contribution in [3.63, 3.8) is 0 Å². The highest BCUT2D eigenvalue weighted by atomic mass is 16.5. The van der Waals surface area contributed by atoms with Crippen molar-refractivity contribution in [1.29, 1.82) is 0 Å². The molecule has 0 spiro atoms. The summed E-state index contributed by atoms with van der Waals surface area (Å²) in [7, 11) is 0. The van der Waals surface area contributed by atoms with E-state index < -0.39 is 18.1 Å². The summed E-state index contributed by atoms with van der Waals surface area (Å²) in [6.07, 6.45) is 7.71. The smallest absolute Gasteiger partial charge is 0.329 e. The van der Waals surface area contributed by atoms with Crippen molar-refractivity contribution in [3.8, 4) is 0 Å². The van der Waals surface area contributed by atoms with E-state index in [2.05, 4.69) is 15.6 Å². The van der Waals surface area contributed by atoms with Gasteiger partial charge in [0.1, 0.15) is 6.04 Å². The average Bonchev–Trinajstić information content (AvgIpc) is 2.93. The lowest BCUT2D eigenvalue weighted by atomic mass is 10.0. The number of amides is 2. The number of aromatic nitrogens is 1. The van der Waals surface area contributed by atoms with E-state index >= 15 is 0 Å². The summed E-state index contributed by atoms with van der Waals surface area (Å²) < 4.78 is 5.43. The van der Waals surface area contributed by atoms with E-state index in [1.165, 1.54) is 19.8 Å². The molecular formula is C23H31N3O4. The number of rotatable bonds is 7. The fourth-order valence-electron chi connectivity index (χ4n) is 4.01. The predicted octanol–water partition coefficient (Wildman–Crippen LogP) is 2.99. The first-order chi connectivity index (χ1) is 14.4. The van der Waals surface area contributed by atoms with Crippen LogP contribution in [-0.2, 0) is 25.5 Å². The van der Waals surface area contributed by atoms with Crippen LogP contribution in [-0.4, -0.2) is 41.0 Å². The Morgan fingerprint density at radius 2 is 1.83 bits per heavy atom. The van der Waals surface area contributed by atoms with Gasteiger partial charge in [0.15, 0.2) is 6.10 Å². The number of para-hydroxylation sites is 1. The van der Waals surface area contributed by atoms with Crippen LogP contribution in [0.5, 0.6) is 0 Å². The lowest BCUT2D eigenvalue weighted by molar-refractivity contribution is -0.157. The molecule has 1 fully saturated rings. The molecule has 3 N–H and O–H groups in total. The minimum Gasteiger partial charge on any atom is -0.451 e. The number of H-pyrrole nitrogens is 1. The van der Waals surface area contributed by atoms with Crippen molar-refractivity contribution in [2.24, 2.45) is 0 Å². The number of aromatic amines is 1. The van der Waals surface area contributed by atoms with Gasteiger partial charge in [-0.05, 0) is 31.4 Å². The third-order valence-electron chi connectivity index (χ3n) is 5.62. The molecule has 1 aliphatic carbocycles. The van der Waals surface area contributed by atoms with Gasteiger partial charge < -0.3 is 20.4 Å². The van der Waals surface area contributed by atoms with E-state index in [9.17, 15) is 14.4 Å². The standard InChI is InChI=1S/C23H31N3O4/c1-15(22(28)26-18-9-5-3-4-6-10-18)30-23(29)21(25-16(2)27)13-17-14-24-20-12-8-7-11-19(17)20/h7-8,11-12,14-15,18,21,24H,3-6,9-10,13H2,1-2H3,(H,25,27)(H,26,28)/t15-,21-/m0/s1. The molecule has 2 amide bonds.